The normalized spacial score (nSPS) is 16.2. The van der Waals surface area contributed by atoms with Crippen molar-refractivity contribution < 1.29 is 14.4 Å². The maximum absolute atomic E-state index is 10.9. The number of ether oxygens (including phenoxy) is 2. The Morgan fingerprint density at radius 2 is 1.76 bits per heavy atom. The second-order valence-corrected chi connectivity index (χ2v) is 5.85. The van der Waals surface area contributed by atoms with Gasteiger partial charge in [0.1, 0.15) is 0 Å². The summed E-state index contributed by atoms with van der Waals surface area (Å²) in [6, 6.07) is 10.8. The number of hydrogen-bond donors (Lipinski definition) is 1. The van der Waals surface area contributed by atoms with Gasteiger partial charge in [-0.05, 0) is 49.1 Å². The van der Waals surface area contributed by atoms with Crippen molar-refractivity contribution in [3.05, 3.63) is 63.2 Å². The van der Waals surface area contributed by atoms with Crippen molar-refractivity contribution in [2.24, 2.45) is 0 Å². The molecule has 0 amide bonds. The smallest absolute Gasteiger partial charge is 0.269 e. The fourth-order valence-electron chi connectivity index (χ4n) is 3.19. The van der Waals surface area contributed by atoms with Crippen LogP contribution < -0.4 is 14.8 Å². The molecule has 0 aliphatic carbocycles. The van der Waals surface area contributed by atoms with Gasteiger partial charge in [-0.25, -0.2) is 0 Å². The Balaban J connectivity index is 2.00. The molecule has 0 spiro atoms. The van der Waals surface area contributed by atoms with Crippen molar-refractivity contribution in [2.75, 3.05) is 19.8 Å². The molecule has 6 nitrogen and oxygen atoms in total. The van der Waals surface area contributed by atoms with E-state index in [1.165, 1.54) is 5.56 Å². The number of hydrogen-bond acceptors (Lipinski definition) is 5. The van der Waals surface area contributed by atoms with Gasteiger partial charge in [-0.15, -0.1) is 0 Å². The highest BCUT2D eigenvalue weighted by atomic mass is 16.6. The Bertz CT molecular complexity index is 759. The molecule has 0 unspecified atom stereocenters. The lowest BCUT2D eigenvalue weighted by Crippen LogP contribution is -2.30. The van der Waals surface area contributed by atoms with Crippen molar-refractivity contribution in [2.45, 2.75) is 26.3 Å². The van der Waals surface area contributed by atoms with E-state index < -0.39 is 0 Å². The number of fused-ring (bicyclic) bond motifs is 1. The standard InChI is InChI=1S/C19H22N2O4/c1-3-24-17-11-14-9-10-20-19(16(14)12-18(17)25-4-2)13-5-7-15(8-6-13)21(22)23/h5-8,11-12,19-20H,3-4,9-10H2,1-2H3/t19-/m0/s1. The molecule has 0 fully saturated rings. The molecule has 0 aromatic heterocycles. The average molecular weight is 342 g/mol. The van der Waals surface area contributed by atoms with Crippen LogP contribution in [-0.4, -0.2) is 24.7 Å². The first kappa shape index (κ1) is 17.2. The van der Waals surface area contributed by atoms with Gasteiger partial charge in [-0.2, -0.15) is 0 Å². The predicted octanol–water partition coefficient (Wildman–Crippen LogP) is 3.63. The monoisotopic (exact) mass is 342 g/mol. The summed E-state index contributed by atoms with van der Waals surface area (Å²) in [6.45, 7) is 5.89. The van der Waals surface area contributed by atoms with E-state index in [1.54, 1.807) is 12.1 Å². The van der Waals surface area contributed by atoms with Crippen LogP contribution >= 0.6 is 0 Å². The zero-order chi connectivity index (χ0) is 17.8. The zero-order valence-corrected chi connectivity index (χ0v) is 14.5. The lowest BCUT2D eigenvalue weighted by molar-refractivity contribution is -0.384. The molecule has 6 heteroatoms. The molecule has 1 aliphatic rings. The first-order valence-corrected chi connectivity index (χ1v) is 8.54. The Kier molecular flexibility index (Phi) is 5.19. The number of nitrogens with one attached hydrogen (secondary N) is 1. The summed E-state index contributed by atoms with van der Waals surface area (Å²) in [7, 11) is 0. The molecule has 1 atom stereocenters. The molecule has 1 aliphatic heterocycles. The molecule has 0 saturated carbocycles. The van der Waals surface area contributed by atoms with E-state index in [1.807, 2.05) is 32.0 Å². The van der Waals surface area contributed by atoms with Gasteiger partial charge in [0, 0.05) is 18.7 Å². The maximum atomic E-state index is 10.9. The Hall–Kier alpha value is -2.60. The van der Waals surface area contributed by atoms with Crippen molar-refractivity contribution in [1.29, 1.82) is 0 Å². The Morgan fingerprint density at radius 3 is 2.36 bits per heavy atom. The van der Waals surface area contributed by atoms with Crippen LogP contribution in [0.5, 0.6) is 11.5 Å². The number of nitrogens with zero attached hydrogens (tertiary/aromatic N) is 1. The summed E-state index contributed by atoms with van der Waals surface area (Å²) in [5, 5.41) is 14.4. The summed E-state index contributed by atoms with van der Waals surface area (Å²) in [5.74, 6) is 1.51. The molecule has 1 heterocycles. The topological polar surface area (TPSA) is 73.6 Å². The summed E-state index contributed by atoms with van der Waals surface area (Å²) in [4.78, 5) is 10.5. The van der Waals surface area contributed by atoms with E-state index in [9.17, 15) is 10.1 Å². The zero-order valence-electron chi connectivity index (χ0n) is 14.5. The van der Waals surface area contributed by atoms with Crippen molar-refractivity contribution in [3.8, 4) is 11.5 Å². The van der Waals surface area contributed by atoms with Crippen LogP contribution in [0.3, 0.4) is 0 Å². The molecular formula is C19H22N2O4. The lowest BCUT2D eigenvalue weighted by Gasteiger charge is -2.28. The van der Waals surface area contributed by atoms with Crippen LogP contribution in [0.1, 0.15) is 36.6 Å². The molecule has 0 saturated heterocycles. The highest BCUT2D eigenvalue weighted by Crippen LogP contribution is 2.38. The second kappa shape index (κ2) is 7.53. The summed E-state index contributed by atoms with van der Waals surface area (Å²) < 4.78 is 11.5. The Morgan fingerprint density at radius 1 is 1.12 bits per heavy atom. The molecule has 0 bridgehead atoms. The van der Waals surface area contributed by atoms with Gasteiger partial charge in [-0.1, -0.05) is 12.1 Å². The molecule has 25 heavy (non-hydrogen) atoms. The first-order chi connectivity index (χ1) is 12.1. The fraction of sp³-hybridized carbons (Fsp3) is 0.368. The number of nitro benzene ring substituents is 1. The fourth-order valence-corrected chi connectivity index (χ4v) is 3.19. The number of benzene rings is 2. The van der Waals surface area contributed by atoms with Gasteiger partial charge in [0.25, 0.3) is 5.69 Å². The van der Waals surface area contributed by atoms with Crippen molar-refractivity contribution >= 4 is 5.69 Å². The number of non-ortho nitro benzene ring substituents is 1. The van der Waals surface area contributed by atoms with Gasteiger partial charge in [0.05, 0.1) is 24.2 Å². The summed E-state index contributed by atoms with van der Waals surface area (Å²) >= 11 is 0. The van der Waals surface area contributed by atoms with Crippen molar-refractivity contribution in [1.82, 2.24) is 5.32 Å². The van der Waals surface area contributed by atoms with Crippen LogP contribution in [0.15, 0.2) is 36.4 Å². The van der Waals surface area contributed by atoms with Crippen molar-refractivity contribution in [3.63, 3.8) is 0 Å². The van der Waals surface area contributed by atoms with E-state index in [4.69, 9.17) is 9.47 Å². The van der Waals surface area contributed by atoms with Gasteiger partial charge in [0.2, 0.25) is 0 Å². The van der Waals surface area contributed by atoms with Crippen LogP contribution in [-0.2, 0) is 6.42 Å². The molecule has 2 aromatic carbocycles. The highest BCUT2D eigenvalue weighted by Gasteiger charge is 2.24. The van der Waals surface area contributed by atoms with E-state index in [0.717, 1.165) is 35.6 Å². The third-order valence-electron chi connectivity index (χ3n) is 4.30. The second-order valence-electron chi connectivity index (χ2n) is 5.85. The molecule has 3 rings (SSSR count). The third kappa shape index (κ3) is 3.58. The molecule has 0 radical (unpaired) electrons. The van der Waals surface area contributed by atoms with Gasteiger partial charge < -0.3 is 14.8 Å². The van der Waals surface area contributed by atoms with E-state index in [2.05, 4.69) is 11.4 Å². The molecule has 2 aromatic rings. The van der Waals surface area contributed by atoms with Gasteiger partial charge >= 0.3 is 0 Å². The molecule has 132 valence electrons. The minimum atomic E-state index is -0.381. The number of nitro groups is 1. The van der Waals surface area contributed by atoms with E-state index >= 15 is 0 Å². The van der Waals surface area contributed by atoms with Gasteiger partial charge in [-0.3, -0.25) is 10.1 Å². The minimum Gasteiger partial charge on any atom is -0.490 e. The largest absolute Gasteiger partial charge is 0.490 e. The minimum absolute atomic E-state index is 0.0144. The van der Waals surface area contributed by atoms with Gasteiger partial charge in [0.15, 0.2) is 11.5 Å². The molecule has 1 N–H and O–H groups in total. The summed E-state index contributed by atoms with van der Waals surface area (Å²) in [5.41, 5.74) is 3.45. The summed E-state index contributed by atoms with van der Waals surface area (Å²) in [6.07, 6.45) is 0.908. The van der Waals surface area contributed by atoms with Crippen LogP contribution in [0.4, 0.5) is 5.69 Å². The first-order valence-electron chi connectivity index (χ1n) is 8.54. The predicted molar refractivity (Wildman–Crippen MR) is 95.4 cm³/mol. The lowest BCUT2D eigenvalue weighted by atomic mass is 9.89. The van der Waals surface area contributed by atoms with E-state index in [0.29, 0.717) is 13.2 Å². The Labute approximate surface area is 146 Å². The number of rotatable bonds is 6. The third-order valence-corrected chi connectivity index (χ3v) is 4.30. The van der Waals surface area contributed by atoms with Crippen LogP contribution in [0.25, 0.3) is 0 Å². The quantitative estimate of drug-likeness (QED) is 0.641. The maximum Gasteiger partial charge on any atom is 0.269 e. The highest BCUT2D eigenvalue weighted by molar-refractivity contribution is 5.52. The van der Waals surface area contributed by atoms with Crippen LogP contribution in [0, 0.1) is 10.1 Å². The SMILES string of the molecule is CCOc1cc2c(cc1OCC)[C@H](c1ccc([N+](=O)[O-])cc1)NCC2. The molecular weight excluding hydrogens is 320 g/mol. The average Bonchev–Trinajstić information content (AvgIpc) is 2.62. The van der Waals surface area contributed by atoms with Crippen LogP contribution in [0.2, 0.25) is 0 Å². The van der Waals surface area contributed by atoms with E-state index in [-0.39, 0.29) is 16.7 Å².